The summed E-state index contributed by atoms with van der Waals surface area (Å²) in [5, 5.41) is 0.102. The highest BCUT2D eigenvalue weighted by molar-refractivity contribution is 6.32. The molecule has 6 heteroatoms. The van der Waals surface area contributed by atoms with Crippen LogP contribution in [0.3, 0.4) is 0 Å². The first-order chi connectivity index (χ1) is 8.95. The number of aryl methyl sites for hydroxylation is 1. The van der Waals surface area contributed by atoms with Crippen molar-refractivity contribution in [3.8, 4) is 17.0 Å². The number of hydrogen-bond acceptors (Lipinski definition) is 3. The fourth-order valence-electron chi connectivity index (χ4n) is 1.76. The highest BCUT2D eigenvalue weighted by Crippen LogP contribution is 2.36. The van der Waals surface area contributed by atoms with Crippen molar-refractivity contribution in [1.29, 1.82) is 0 Å². The van der Waals surface area contributed by atoms with E-state index in [0.29, 0.717) is 5.69 Å². The highest BCUT2D eigenvalue weighted by atomic mass is 35.5. The molecule has 0 saturated carbocycles. The summed E-state index contributed by atoms with van der Waals surface area (Å²) in [6, 6.07) is 4.13. The van der Waals surface area contributed by atoms with Gasteiger partial charge in [-0.05, 0) is 25.1 Å². The third-order valence-corrected chi connectivity index (χ3v) is 2.92. The van der Waals surface area contributed by atoms with E-state index in [9.17, 15) is 8.78 Å². The van der Waals surface area contributed by atoms with Crippen molar-refractivity contribution in [2.75, 3.05) is 12.8 Å². The number of rotatable bonds is 2. The first-order valence-electron chi connectivity index (χ1n) is 5.40. The molecular weight excluding hydrogens is 274 g/mol. The predicted octanol–water partition coefficient (Wildman–Crippen LogP) is 3.58. The number of halogens is 3. The Morgan fingerprint density at radius 3 is 2.58 bits per heavy atom. The molecule has 19 heavy (non-hydrogen) atoms. The molecule has 0 bridgehead atoms. The van der Waals surface area contributed by atoms with Gasteiger partial charge in [0.05, 0.1) is 17.8 Å². The molecule has 0 saturated heterocycles. The molecule has 0 spiro atoms. The lowest BCUT2D eigenvalue weighted by molar-refractivity contribution is 0.387. The molecule has 0 aliphatic heterocycles. The minimum atomic E-state index is -0.772. The lowest BCUT2D eigenvalue weighted by Crippen LogP contribution is -2.01. The summed E-state index contributed by atoms with van der Waals surface area (Å²) in [4.78, 5) is 3.98. The van der Waals surface area contributed by atoms with Gasteiger partial charge in [0.15, 0.2) is 17.4 Å². The van der Waals surface area contributed by atoms with Crippen molar-refractivity contribution >= 4 is 17.3 Å². The molecule has 1 heterocycles. The van der Waals surface area contributed by atoms with Crippen LogP contribution in [0.25, 0.3) is 11.3 Å². The van der Waals surface area contributed by atoms with Crippen LogP contribution in [0.2, 0.25) is 5.02 Å². The number of nitrogens with zero attached hydrogens (tertiary/aromatic N) is 1. The van der Waals surface area contributed by atoms with Gasteiger partial charge >= 0.3 is 0 Å². The van der Waals surface area contributed by atoms with E-state index in [1.165, 1.54) is 25.3 Å². The van der Waals surface area contributed by atoms with Crippen LogP contribution >= 0.6 is 11.6 Å². The van der Waals surface area contributed by atoms with Gasteiger partial charge in [-0.25, -0.2) is 13.8 Å². The van der Waals surface area contributed by atoms with Crippen LogP contribution in [0.15, 0.2) is 18.2 Å². The third kappa shape index (κ3) is 2.33. The van der Waals surface area contributed by atoms with E-state index in [1.807, 2.05) is 0 Å². The molecule has 100 valence electrons. The smallest absolute Gasteiger partial charge is 0.176 e. The van der Waals surface area contributed by atoms with E-state index in [0.717, 1.165) is 0 Å². The Morgan fingerprint density at radius 1 is 1.26 bits per heavy atom. The summed E-state index contributed by atoms with van der Waals surface area (Å²) in [5.74, 6) is -1.69. The zero-order valence-corrected chi connectivity index (χ0v) is 11.1. The Balaban J connectivity index is 2.73. The number of nitrogens with two attached hydrogens (primary N) is 1. The fourth-order valence-corrected chi connectivity index (χ4v) is 1.99. The van der Waals surface area contributed by atoms with Gasteiger partial charge in [-0.2, -0.15) is 0 Å². The predicted molar refractivity (Wildman–Crippen MR) is 70.3 cm³/mol. The van der Waals surface area contributed by atoms with Crippen LogP contribution in [-0.2, 0) is 0 Å². The summed E-state index contributed by atoms with van der Waals surface area (Å²) in [6.45, 7) is 1.64. The van der Waals surface area contributed by atoms with Crippen molar-refractivity contribution in [2.45, 2.75) is 6.92 Å². The lowest BCUT2D eigenvalue weighted by atomic mass is 10.1. The molecule has 0 amide bonds. The van der Waals surface area contributed by atoms with E-state index in [2.05, 4.69) is 4.98 Å². The molecule has 2 N–H and O–H groups in total. The summed E-state index contributed by atoms with van der Waals surface area (Å²) >= 11 is 5.79. The SMILES string of the molecule is COc1c(Cl)ccc(-c2nc(C)cc(N)c2F)c1F. The van der Waals surface area contributed by atoms with Gasteiger partial charge in [0.25, 0.3) is 0 Å². The van der Waals surface area contributed by atoms with E-state index in [-0.39, 0.29) is 27.7 Å². The summed E-state index contributed by atoms with van der Waals surface area (Å²) < 4.78 is 33.0. The molecule has 0 atom stereocenters. The number of aromatic nitrogens is 1. The molecule has 2 aromatic rings. The second kappa shape index (κ2) is 5.01. The van der Waals surface area contributed by atoms with E-state index in [1.54, 1.807) is 6.92 Å². The molecular formula is C13H11ClF2N2O. The minimum absolute atomic E-state index is 0.0471. The highest BCUT2D eigenvalue weighted by Gasteiger charge is 2.19. The van der Waals surface area contributed by atoms with Crippen molar-refractivity contribution in [3.63, 3.8) is 0 Å². The van der Waals surface area contributed by atoms with Crippen LogP contribution in [-0.4, -0.2) is 12.1 Å². The summed E-state index contributed by atoms with van der Waals surface area (Å²) in [6.07, 6.45) is 0. The topological polar surface area (TPSA) is 48.1 Å². The Labute approximate surface area is 114 Å². The molecule has 0 radical (unpaired) electrons. The maximum absolute atomic E-state index is 14.2. The van der Waals surface area contributed by atoms with Crippen LogP contribution in [0, 0.1) is 18.6 Å². The average Bonchev–Trinajstić information content (AvgIpc) is 2.35. The van der Waals surface area contributed by atoms with Crippen LogP contribution < -0.4 is 10.5 Å². The van der Waals surface area contributed by atoms with E-state index < -0.39 is 11.6 Å². The van der Waals surface area contributed by atoms with Gasteiger partial charge in [0, 0.05) is 11.3 Å². The van der Waals surface area contributed by atoms with Gasteiger partial charge in [0.1, 0.15) is 5.69 Å². The number of ether oxygens (including phenoxy) is 1. The van der Waals surface area contributed by atoms with E-state index >= 15 is 0 Å². The third-order valence-electron chi connectivity index (χ3n) is 2.62. The first-order valence-corrected chi connectivity index (χ1v) is 5.78. The van der Waals surface area contributed by atoms with Gasteiger partial charge < -0.3 is 10.5 Å². The maximum Gasteiger partial charge on any atom is 0.176 e. The summed E-state index contributed by atoms with van der Waals surface area (Å²) in [7, 11) is 1.28. The zero-order valence-electron chi connectivity index (χ0n) is 10.3. The molecule has 0 aliphatic carbocycles. The fraction of sp³-hybridized carbons (Fsp3) is 0.154. The van der Waals surface area contributed by atoms with Crippen molar-refractivity contribution < 1.29 is 13.5 Å². The normalized spacial score (nSPS) is 10.6. The number of anilines is 1. The molecule has 1 aromatic carbocycles. The Bertz CT molecular complexity index is 647. The largest absolute Gasteiger partial charge is 0.492 e. The number of benzene rings is 1. The number of nitrogen functional groups attached to an aromatic ring is 1. The Kier molecular flexibility index (Phi) is 3.57. The van der Waals surface area contributed by atoms with Crippen molar-refractivity contribution in [1.82, 2.24) is 4.98 Å². The van der Waals surface area contributed by atoms with Gasteiger partial charge in [-0.3, -0.25) is 0 Å². The maximum atomic E-state index is 14.2. The molecule has 3 nitrogen and oxygen atoms in total. The van der Waals surface area contributed by atoms with Crippen molar-refractivity contribution in [3.05, 3.63) is 40.6 Å². The molecule has 0 fully saturated rings. The number of pyridine rings is 1. The number of hydrogen-bond donors (Lipinski definition) is 1. The number of methoxy groups -OCH3 is 1. The standard InChI is InChI=1S/C13H11ClF2N2O/c1-6-5-9(17)11(16)12(18-6)7-3-4-8(14)13(19-2)10(7)15/h3-5H,1-2H3,(H2,17,18). The molecule has 0 aliphatic rings. The van der Waals surface area contributed by atoms with E-state index in [4.69, 9.17) is 22.1 Å². The minimum Gasteiger partial charge on any atom is -0.492 e. The van der Waals surface area contributed by atoms with Crippen LogP contribution in [0.5, 0.6) is 5.75 Å². The second-order valence-corrected chi connectivity index (χ2v) is 4.36. The van der Waals surface area contributed by atoms with Gasteiger partial charge in [-0.15, -0.1) is 0 Å². The lowest BCUT2D eigenvalue weighted by Gasteiger charge is -2.11. The van der Waals surface area contributed by atoms with Gasteiger partial charge in [-0.1, -0.05) is 11.6 Å². The van der Waals surface area contributed by atoms with Crippen LogP contribution in [0.1, 0.15) is 5.69 Å². The van der Waals surface area contributed by atoms with Crippen molar-refractivity contribution in [2.24, 2.45) is 0 Å². The quantitative estimate of drug-likeness (QED) is 0.917. The monoisotopic (exact) mass is 284 g/mol. The van der Waals surface area contributed by atoms with Gasteiger partial charge in [0.2, 0.25) is 0 Å². The van der Waals surface area contributed by atoms with Crippen LogP contribution in [0.4, 0.5) is 14.5 Å². The Hall–Kier alpha value is -1.88. The zero-order chi connectivity index (χ0) is 14.2. The second-order valence-electron chi connectivity index (χ2n) is 3.96. The Morgan fingerprint density at radius 2 is 1.95 bits per heavy atom. The first kappa shape index (κ1) is 13.5. The average molecular weight is 285 g/mol. The molecule has 1 aromatic heterocycles. The molecule has 0 unspecified atom stereocenters. The summed E-state index contributed by atoms with van der Waals surface area (Å²) in [5.41, 5.74) is 5.71. The molecule has 2 rings (SSSR count).